The monoisotopic (exact) mass is 569 g/mol. The number of methoxy groups -OCH3 is 3. The maximum atomic E-state index is 5.65. The lowest BCUT2D eigenvalue weighted by Gasteiger charge is -2.48. The Labute approximate surface area is 249 Å². The van der Waals surface area contributed by atoms with E-state index in [0.717, 1.165) is 53.4 Å². The Bertz CT molecular complexity index is 1580. The van der Waals surface area contributed by atoms with Gasteiger partial charge in [0.2, 0.25) is 5.95 Å². The van der Waals surface area contributed by atoms with Crippen LogP contribution in [0.3, 0.4) is 0 Å². The van der Waals surface area contributed by atoms with E-state index in [1.165, 1.54) is 11.3 Å². The zero-order valence-electron chi connectivity index (χ0n) is 26.3. The molecular formula is C34H43N5O3. The van der Waals surface area contributed by atoms with Crippen LogP contribution in [0, 0.1) is 6.92 Å². The highest BCUT2D eigenvalue weighted by Crippen LogP contribution is 2.38. The first-order valence-corrected chi connectivity index (χ1v) is 14.4. The van der Waals surface area contributed by atoms with Crippen LogP contribution in [0.1, 0.15) is 45.7 Å². The van der Waals surface area contributed by atoms with Gasteiger partial charge in [-0.3, -0.25) is 0 Å². The molecule has 1 fully saturated rings. The van der Waals surface area contributed by atoms with Gasteiger partial charge in [-0.1, -0.05) is 32.9 Å². The number of hydrogen-bond donors (Lipinski definition) is 1. The number of hydrogen-bond acceptors (Lipinski definition) is 8. The van der Waals surface area contributed by atoms with Gasteiger partial charge in [0.25, 0.3) is 0 Å². The topological polar surface area (TPSA) is 72.0 Å². The second-order valence-electron chi connectivity index (χ2n) is 12.6. The van der Waals surface area contributed by atoms with Crippen LogP contribution in [0.4, 0.5) is 23.1 Å². The molecule has 4 aromatic rings. The molecule has 0 spiro atoms. The van der Waals surface area contributed by atoms with Crippen LogP contribution in [-0.2, 0) is 5.41 Å². The van der Waals surface area contributed by atoms with Crippen molar-refractivity contribution >= 4 is 34.0 Å². The van der Waals surface area contributed by atoms with Crippen LogP contribution in [0.25, 0.3) is 10.9 Å². The molecule has 0 aliphatic carbocycles. The Kier molecular flexibility index (Phi) is 7.84. The molecule has 1 saturated heterocycles. The summed E-state index contributed by atoms with van der Waals surface area (Å²) < 4.78 is 16.7. The van der Waals surface area contributed by atoms with Gasteiger partial charge in [0.15, 0.2) is 11.5 Å². The maximum absolute atomic E-state index is 5.65. The average molecular weight is 570 g/mol. The van der Waals surface area contributed by atoms with Gasteiger partial charge >= 0.3 is 0 Å². The molecule has 42 heavy (non-hydrogen) atoms. The summed E-state index contributed by atoms with van der Waals surface area (Å²) in [4.78, 5) is 14.9. The fourth-order valence-corrected chi connectivity index (χ4v) is 5.60. The Morgan fingerprint density at radius 2 is 1.52 bits per heavy atom. The molecule has 2 heterocycles. The third-order valence-corrected chi connectivity index (χ3v) is 8.11. The molecule has 1 N–H and O–H groups in total. The third kappa shape index (κ3) is 5.75. The van der Waals surface area contributed by atoms with E-state index in [0.29, 0.717) is 17.4 Å². The van der Waals surface area contributed by atoms with E-state index >= 15 is 0 Å². The lowest BCUT2D eigenvalue weighted by atomic mass is 9.86. The minimum Gasteiger partial charge on any atom is -0.497 e. The molecule has 1 aliphatic rings. The van der Waals surface area contributed by atoms with Gasteiger partial charge in [-0.25, -0.2) is 4.98 Å². The van der Waals surface area contributed by atoms with Crippen molar-refractivity contribution in [3.63, 3.8) is 0 Å². The smallest absolute Gasteiger partial charge is 0.228 e. The van der Waals surface area contributed by atoms with Gasteiger partial charge in [-0.2, -0.15) is 4.98 Å². The van der Waals surface area contributed by atoms with Crippen molar-refractivity contribution in [2.75, 3.05) is 56.1 Å². The van der Waals surface area contributed by atoms with E-state index in [1.807, 2.05) is 24.3 Å². The number of aryl methyl sites for hydroxylation is 1. The number of anilines is 4. The minimum atomic E-state index is -0.159. The minimum absolute atomic E-state index is 0.0226. The number of benzene rings is 3. The lowest BCUT2D eigenvalue weighted by Crippen LogP contribution is -2.60. The molecule has 0 radical (unpaired) electrons. The number of nitrogens with one attached hydrogen (secondary N) is 1. The van der Waals surface area contributed by atoms with Crippen LogP contribution in [0.2, 0.25) is 0 Å². The molecule has 8 heteroatoms. The predicted molar refractivity (Wildman–Crippen MR) is 172 cm³/mol. The number of piperazine rings is 1. The fourth-order valence-electron chi connectivity index (χ4n) is 5.60. The van der Waals surface area contributed by atoms with Gasteiger partial charge in [0.1, 0.15) is 11.6 Å². The first-order valence-electron chi connectivity index (χ1n) is 14.4. The quantitative estimate of drug-likeness (QED) is 0.252. The molecule has 0 saturated carbocycles. The van der Waals surface area contributed by atoms with Crippen LogP contribution >= 0.6 is 0 Å². The van der Waals surface area contributed by atoms with Crippen LogP contribution in [-0.4, -0.2) is 56.5 Å². The van der Waals surface area contributed by atoms with Crippen LogP contribution < -0.4 is 29.3 Å². The van der Waals surface area contributed by atoms with Crippen molar-refractivity contribution in [3.8, 4) is 17.2 Å². The molecule has 1 aliphatic heterocycles. The Morgan fingerprint density at radius 3 is 2.14 bits per heavy atom. The lowest BCUT2D eigenvalue weighted by molar-refractivity contribution is 0.356. The van der Waals surface area contributed by atoms with Gasteiger partial charge in [-0.05, 0) is 73.7 Å². The van der Waals surface area contributed by atoms with Crippen molar-refractivity contribution in [1.29, 1.82) is 0 Å². The van der Waals surface area contributed by atoms with Gasteiger partial charge in [0, 0.05) is 42.5 Å². The Balaban J connectivity index is 1.55. The summed E-state index contributed by atoms with van der Waals surface area (Å²) in [7, 11) is 4.99. The van der Waals surface area contributed by atoms with Crippen molar-refractivity contribution in [1.82, 2.24) is 9.97 Å². The molecule has 3 aromatic carbocycles. The number of fused-ring (bicyclic) bond motifs is 1. The van der Waals surface area contributed by atoms with E-state index in [1.54, 1.807) is 21.3 Å². The molecule has 0 atom stereocenters. The summed E-state index contributed by atoms with van der Waals surface area (Å²) in [6, 6.07) is 18.7. The van der Waals surface area contributed by atoms with Crippen molar-refractivity contribution < 1.29 is 14.2 Å². The van der Waals surface area contributed by atoms with Gasteiger partial charge in [0.05, 0.1) is 32.4 Å². The normalized spacial score (nSPS) is 15.1. The van der Waals surface area contributed by atoms with E-state index in [4.69, 9.17) is 24.2 Å². The van der Waals surface area contributed by atoms with E-state index in [-0.39, 0.29) is 11.0 Å². The molecule has 1 aromatic heterocycles. The Morgan fingerprint density at radius 1 is 0.833 bits per heavy atom. The van der Waals surface area contributed by atoms with Crippen molar-refractivity contribution in [2.24, 2.45) is 0 Å². The highest BCUT2D eigenvalue weighted by Gasteiger charge is 2.35. The van der Waals surface area contributed by atoms with Gasteiger partial charge < -0.3 is 29.3 Å². The van der Waals surface area contributed by atoms with Gasteiger partial charge in [-0.15, -0.1) is 0 Å². The van der Waals surface area contributed by atoms with E-state index < -0.39 is 0 Å². The summed E-state index contributed by atoms with van der Waals surface area (Å²) in [5, 5.41) is 4.53. The number of ether oxygens (including phenoxy) is 3. The zero-order chi connectivity index (χ0) is 30.2. The standard InChI is InChI=1S/C34H43N5O3/c1-22-10-11-23(33(2,3)4)18-27(22)35-31-26-19-29(41-8)30(42-9)20-28(26)36-32(37-31)38-16-17-39(34(5,6)21-38)24-12-14-25(40-7)15-13-24/h10-15,18-20H,16-17,21H2,1-9H3,(H,35,36,37). The summed E-state index contributed by atoms with van der Waals surface area (Å²) in [5.41, 5.74) is 5.25. The van der Waals surface area contributed by atoms with Crippen LogP contribution in [0.5, 0.6) is 17.2 Å². The maximum Gasteiger partial charge on any atom is 0.228 e. The highest BCUT2D eigenvalue weighted by molar-refractivity contribution is 5.94. The number of nitrogens with zero attached hydrogens (tertiary/aromatic N) is 4. The third-order valence-electron chi connectivity index (χ3n) is 8.11. The van der Waals surface area contributed by atoms with Crippen molar-refractivity contribution in [2.45, 2.75) is 52.5 Å². The SMILES string of the molecule is COc1ccc(N2CCN(c3nc(Nc4cc(C(C)(C)C)ccc4C)c4cc(OC)c(OC)cc4n3)CC2(C)C)cc1. The predicted octanol–water partition coefficient (Wildman–Crippen LogP) is 7.11. The second kappa shape index (κ2) is 11.2. The van der Waals surface area contributed by atoms with E-state index in [9.17, 15) is 0 Å². The molecule has 222 valence electrons. The first kappa shape index (κ1) is 29.3. The first-order chi connectivity index (χ1) is 19.9. The average Bonchev–Trinajstić information content (AvgIpc) is 2.96. The number of aromatic nitrogens is 2. The zero-order valence-corrected chi connectivity index (χ0v) is 26.3. The van der Waals surface area contributed by atoms with Crippen LogP contribution in [0.15, 0.2) is 54.6 Å². The Hall–Kier alpha value is -4.20. The summed E-state index contributed by atoms with van der Waals surface area (Å²) >= 11 is 0. The second-order valence-corrected chi connectivity index (χ2v) is 12.6. The highest BCUT2D eigenvalue weighted by atomic mass is 16.5. The van der Waals surface area contributed by atoms with E-state index in [2.05, 4.69) is 87.0 Å². The fraction of sp³-hybridized carbons (Fsp3) is 0.412. The molecular weight excluding hydrogens is 526 g/mol. The van der Waals surface area contributed by atoms with Crippen molar-refractivity contribution in [3.05, 3.63) is 65.7 Å². The summed E-state index contributed by atoms with van der Waals surface area (Å²) in [5.74, 6) is 3.55. The summed E-state index contributed by atoms with van der Waals surface area (Å²) in [6.45, 7) is 15.7. The largest absolute Gasteiger partial charge is 0.497 e. The molecule has 0 bridgehead atoms. The molecule has 5 rings (SSSR count). The molecule has 0 unspecified atom stereocenters. The molecule has 8 nitrogen and oxygen atoms in total. The molecule has 0 amide bonds. The number of rotatable bonds is 7. The summed E-state index contributed by atoms with van der Waals surface area (Å²) in [6.07, 6.45) is 0.